The smallest absolute Gasteiger partial charge is 0.285 e. The zero-order chi connectivity index (χ0) is 25.8. The van der Waals surface area contributed by atoms with Crippen LogP contribution in [-0.2, 0) is 11.2 Å². The van der Waals surface area contributed by atoms with Crippen LogP contribution in [0.3, 0.4) is 0 Å². The maximum absolute atomic E-state index is 13.9. The molecule has 0 saturated heterocycles. The van der Waals surface area contributed by atoms with E-state index < -0.39 is 0 Å². The fourth-order valence-corrected chi connectivity index (χ4v) is 5.59. The van der Waals surface area contributed by atoms with Gasteiger partial charge in [-0.2, -0.15) is 5.11 Å². The average Bonchev–Trinajstić information content (AvgIpc) is 3.31. The highest BCUT2D eigenvalue weighted by Crippen LogP contribution is 2.33. The number of benzene rings is 2. The van der Waals surface area contributed by atoms with Gasteiger partial charge in [0.15, 0.2) is 6.04 Å². The van der Waals surface area contributed by atoms with Crippen molar-refractivity contribution in [2.75, 3.05) is 12.0 Å². The summed E-state index contributed by atoms with van der Waals surface area (Å²) < 4.78 is 7.55. The third-order valence-electron chi connectivity index (χ3n) is 7.54. The highest BCUT2D eigenvalue weighted by molar-refractivity contribution is 5.98. The topological polar surface area (TPSA) is 100 Å². The molecule has 2 aliphatic rings. The SMILES string of the molecule is COc1cc(/C(=C/[NH2+]C2CCc3ccccc3N(C3CCCCC3)C2=O)N=N)ccc1-n1cnc(C)c1. The molecule has 1 fully saturated rings. The second-order valence-corrected chi connectivity index (χ2v) is 9.94. The summed E-state index contributed by atoms with van der Waals surface area (Å²) >= 11 is 0. The lowest BCUT2D eigenvalue weighted by Gasteiger charge is -2.35. The van der Waals surface area contributed by atoms with Crippen LogP contribution in [0.1, 0.15) is 55.3 Å². The lowest BCUT2D eigenvalue weighted by molar-refractivity contribution is -0.612. The molecule has 192 valence electrons. The first-order valence-electron chi connectivity index (χ1n) is 13.1. The van der Waals surface area contributed by atoms with Crippen molar-refractivity contribution in [1.82, 2.24) is 9.55 Å². The molecule has 1 aromatic heterocycles. The van der Waals surface area contributed by atoms with Crippen molar-refractivity contribution in [3.05, 3.63) is 78.0 Å². The number of quaternary nitrogens is 1. The Hall–Kier alpha value is -3.78. The summed E-state index contributed by atoms with van der Waals surface area (Å²) in [5, 5.41) is 5.74. The Bertz CT molecular complexity index is 1310. The van der Waals surface area contributed by atoms with Crippen LogP contribution in [0.5, 0.6) is 5.75 Å². The van der Waals surface area contributed by atoms with E-state index in [9.17, 15) is 4.79 Å². The normalized spacial score (nSPS) is 18.9. The second-order valence-electron chi connectivity index (χ2n) is 9.94. The Morgan fingerprint density at radius 2 is 1.95 bits per heavy atom. The van der Waals surface area contributed by atoms with Gasteiger partial charge in [-0.3, -0.25) is 4.79 Å². The van der Waals surface area contributed by atoms with E-state index in [1.807, 2.05) is 53.5 Å². The van der Waals surface area contributed by atoms with E-state index in [1.54, 1.807) is 13.4 Å². The molecule has 5 rings (SSSR count). The molecule has 3 N–H and O–H groups in total. The van der Waals surface area contributed by atoms with Gasteiger partial charge in [0.2, 0.25) is 0 Å². The minimum atomic E-state index is -0.263. The summed E-state index contributed by atoms with van der Waals surface area (Å²) in [6, 6.07) is 14.1. The third kappa shape index (κ3) is 5.20. The molecule has 0 spiro atoms. The van der Waals surface area contributed by atoms with Crippen molar-refractivity contribution in [3.8, 4) is 11.4 Å². The first-order chi connectivity index (χ1) is 18.1. The van der Waals surface area contributed by atoms with Crippen molar-refractivity contribution in [3.63, 3.8) is 0 Å². The van der Waals surface area contributed by atoms with E-state index in [2.05, 4.69) is 33.2 Å². The minimum absolute atomic E-state index is 0.154. The summed E-state index contributed by atoms with van der Waals surface area (Å²) in [4.78, 5) is 20.3. The minimum Gasteiger partial charge on any atom is -0.495 e. The predicted octanol–water partition coefficient (Wildman–Crippen LogP) is 4.76. The lowest BCUT2D eigenvalue weighted by Crippen LogP contribution is -2.88. The average molecular weight is 500 g/mol. The quantitative estimate of drug-likeness (QED) is 0.458. The molecule has 1 unspecified atom stereocenters. The molecule has 8 heteroatoms. The number of carbonyl (C=O) groups is 1. The van der Waals surface area contributed by atoms with Gasteiger partial charge in [-0.05, 0) is 49.9 Å². The first-order valence-corrected chi connectivity index (χ1v) is 13.1. The van der Waals surface area contributed by atoms with Crippen LogP contribution in [0.25, 0.3) is 11.4 Å². The zero-order valence-electron chi connectivity index (χ0n) is 21.6. The number of rotatable bonds is 7. The van der Waals surface area contributed by atoms with Gasteiger partial charge in [-0.25, -0.2) is 10.5 Å². The van der Waals surface area contributed by atoms with Gasteiger partial charge >= 0.3 is 0 Å². The molecule has 8 nitrogen and oxygen atoms in total. The van der Waals surface area contributed by atoms with Gasteiger partial charge < -0.3 is 19.5 Å². The van der Waals surface area contributed by atoms with Crippen LogP contribution >= 0.6 is 0 Å². The van der Waals surface area contributed by atoms with Crippen molar-refractivity contribution >= 4 is 17.3 Å². The highest BCUT2D eigenvalue weighted by Gasteiger charge is 2.37. The molecule has 1 aliphatic carbocycles. The summed E-state index contributed by atoms with van der Waals surface area (Å²) in [6.45, 7) is 1.94. The zero-order valence-corrected chi connectivity index (χ0v) is 21.6. The maximum atomic E-state index is 13.9. The molecule has 2 heterocycles. The number of nitrogens with one attached hydrogen (secondary N) is 1. The Kier molecular flexibility index (Phi) is 7.46. The monoisotopic (exact) mass is 499 g/mol. The van der Waals surface area contributed by atoms with Crippen LogP contribution in [0, 0.1) is 12.5 Å². The van der Waals surface area contributed by atoms with Gasteiger partial charge in [0.1, 0.15) is 17.6 Å². The number of nitrogens with zero attached hydrogens (tertiary/aromatic N) is 4. The molecule has 37 heavy (non-hydrogen) atoms. The lowest BCUT2D eigenvalue weighted by atomic mass is 9.93. The number of ether oxygens (including phenoxy) is 1. The predicted molar refractivity (Wildman–Crippen MR) is 143 cm³/mol. The first kappa shape index (κ1) is 24.9. The molecule has 2 aromatic carbocycles. The molecular formula is C29H35N6O2+. The molecule has 1 aliphatic heterocycles. The molecule has 1 amide bonds. The number of fused-ring (bicyclic) bond motifs is 1. The summed E-state index contributed by atoms with van der Waals surface area (Å²) in [7, 11) is 1.63. The fraction of sp³-hybridized carbons (Fsp3) is 0.379. The number of para-hydroxylation sites is 1. The van der Waals surface area contributed by atoms with Crippen LogP contribution in [0.4, 0.5) is 5.69 Å². The number of hydrogen-bond donors (Lipinski definition) is 2. The Labute approximate surface area is 217 Å². The number of aromatic nitrogens is 2. The van der Waals surface area contributed by atoms with E-state index in [0.29, 0.717) is 11.4 Å². The van der Waals surface area contributed by atoms with E-state index in [0.717, 1.165) is 48.3 Å². The number of amides is 1. The fourth-order valence-electron chi connectivity index (χ4n) is 5.59. The van der Waals surface area contributed by atoms with Crippen LogP contribution in [-0.4, -0.2) is 34.7 Å². The van der Waals surface area contributed by atoms with Crippen LogP contribution < -0.4 is 15.0 Å². The van der Waals surface area contributed by atoms with E-state index >= 15 is 0 Å². The maximum Gasteiger partial charge on any atom is 0.285 e. The van der Waals surface area contributed by atoms with E-state index in [-0.39, 0.29) is 18.0 Å². The molecule has 1 atom stereocenters. The van der Waals surface area contributed by atoms with Crippen molar-refractivity contribution in [2.24, 2.45) is 5.11 Å². The van der Waals surface area contributed by atoms with Gasteiger partial charge in [0.25, 0.3) is 5.91 Å². The number of aryl methyl sites for hydroxylation is 2. The number of methoxy groups -OCH3 is 1. The summed E-state index contributed by atoms with van der Waals surface area (Å²) in [6.07, 6.45) is 12.8. The highest BCUT2D eigenvalue weighted by atomic mass is 16.5. The van der Waals surface area contributed by atoms with Crippen molar-refractivity contribution in [2.45, 2.75) is 64.0 Å². The van der Waals surface area contributed by atoms with Crippen LogP contribution in [0.15, 0.2) is 66.3 Å². The molecule has 0 bridgehead atoms. The molecule has 3 aromatic rings. The van der Waals surface area contributed by atoms with E-state index in [1.165, 1.54) is 24.8 Å². The number of nitrogens with two attached hydrogens (primary N) is 1. The van der Waals surface area contributed by atoms with Crippen LogP contribution in [0.2, 0.25) is 0 Å². The Balaban J connectivity index is 1.41. The molecule has 0 radical (unpaired) electrons. The van der Waals surface area contributed by atoms with Gasteiger partial charge in [0, 0.05) is 29.9 Å². The number of imidazole rings is 1. The largest absolute Gasteiger partial charge is 0.495 e. The van der Waals surface area contributed by atoms with Gasteiger partial charge in [-0.1, -0.05) is 43.5 Å². The second kappa shape index (κ2) is 11.1. The van der Waals surface area contributed by atoms with E-state index in [4.69, 9.17) is 10.3 Å². The van der Waals surface area contributed by atoms with Crippen molar-refractivity contribution < 1.29 is 14.8 Å². The third-order valence-corrected chi connectivity index (χ3v) is 7.54. The van der Waals surface area contributed by atoms with Crippen molar-refractivity contribution in [1.29, 1.82) is 5.53 Å². The molecular weight excluding hydrogens is 464 g/mol. The number of hydrogen-bond acceptors (Lipinski definition) is 5. The Morgan fingerprint density at radius 3 is 2.68 bits per heavy atom. The molecule has 1 saturated carbocycles. The van der Waals surface area contributed by atoms with Gasteiger partial charge in [0.05, 0.1) is 24.8 Å². The van der Waals surface area contributed by atoms with Gasteiger partial charge in [-0.15, -0.1) is 0 Å². The number of anilines is 1. The summed E-state index contributed by atoms with van der Waals surface area (Å²) in [5.74, 6) is 0.815. The summed E-state index contributed by atoms with van der Waals surface area (Å²) in [5.41, 5.74) is 13.2. The Morgan fingerprint density at radius 1 is 1.14 bits per heavy atom. The number of carbonyl (C=O) groups excluding carboxylic acids is 1. The standard InChI is InChI=1S/C29H34N6O2/c1-20-18-34(19-32-20)27-15-13-22(16-28(27)37-2)25(33-30)17-31-24-14-12-21-8-6-7-11-26(21)35(29(24)36)23-9-4-3-5-10-23/h6-8,11,13,15-19,23-24,30-31H,3-5,9-10,12,14H2,1-2H3/p+1/b25-17-,33-30?.